The summed E-state index contributed by atoms with van der Waals surface area (Å²) in [4.78, 5) is 0. The van der Waals surface area contributed by atoms with Crippen LogP contribution < -0.4 is 10.5 Å². The van der Waals surface area contributed by atoms with E-state index in [0.29, 0.717) is 0 Å². The average molecular weight is 203 g/mol. The number of benzene rings is 1. The first kappa shape index (κ1) is 10.2. The van der Waals surface area contributed by atoms with Crippen LogP contribution in [0.25, 0.3) is 0 Å². The van der Waals surface area contributed by atoms with Gasteiger partial charge in [0.1, 0.15) is 11.9 Å². The van der Waals surface area contributed by atoms with E-state index in [1.165, 1.54) is 11.1 Å². The van der Waals surface area contributed by atoms with Crippen LogP contribution in [0.15, 0.2) is 30.9 Å². The Hall–Kier alpha value is -1.28. The van der Waals surface area contributed by atoms with Crippen molar-refractivity contribution in [3.63, 3.8) is 0 Å². The summed E-state index contributed by atoms with van der Waals surface area (Å²) in [5, 5.41) is 0. The molecule has 0 fully saturated rings. The zero-order chi connectivity index (χ0) is 10.8. The van der Waals surface area contributed by atoms with Gasteiger partial charge in [-0.3, -0.25) is 0 Å². The van der Waals surface area contributed by atoms with Crippen molar-refractivity contribution in [2.45, 2.75) is 31.9 Å². The first-order valence-electron chi connectivity index (χ1n) is 5.39. The Kier molecular flexibility index (Phi) is 2.78. The molecule has 0 amide bonds. The number of nitrogens with two attached hydrogens (primary N) is 1. The number of rotatable bonds is 3. The van der Waals surface area contributed by atoms with Crippen LogP contribution in [0.3, 0.4) is 0 Å². The first-order valence-corrected chi connectivity index (χ1v) is 5.39. The maximum atomic E-state index is 6.00. The van der Waals surface area contributed by atoms with Gasteiger partial charge in [0.15, 0.2) is 0 Å². The molecule has 0 spiro atoms. The van der Waals surface area contributed by atoms with Crippen molar-refractivity contribution in [1.82, 2.24) is 0 Å². The van der Waals surface area contributed by atoms with Gasteiger partial charge in [0.05, 0.1) is 0 Å². The van der Waals surface area contributed by atoms with Crippen molar-refractivity contribution >= 4 is 0 Å². The minimum atomic E-state index is 0.0494. The Bertz CT molecular complexity index is 373. The highest BCUT2D eigenvalue weighted by Crippen LogP contribution is 2.35. The summed E-state index contributed by atoms with van der Waals surface area (Å²) in [5.41, 5.74) is 8.52. The maximum absolute atomic E-state index is 6.00. The third-order valence-corrected chi connectivity index (χ3v) is 2.92. The fourth-order valence-electron chi connectivity index (χ4n) is 2.01. The van der Waals surface area contributed by atoms with Crippen molar-refractivity contribution in [1.29, 1.82) is 0 Å². The van der Waals surface area contributed by atoms with Gasteiger partial charge in [-0.1, -0.05) is 24.8 Å². The molecule has 1 aliphatic carbocycles. The van der Waals surface area contributed by atoms with Crippen LogP contribution in [0.4, 0.5) is 0 Å². The van der Waals surface area contributed by atoms with E-state index in [2.05, 4.69) is 12.6 Å². The third kappa shape index (κ3) is 1.90. The van der Waals surface area contributed by atoms with E-state index in [1.807, 2.05) is 19.1 Å². The second-order valence-electron chi connectivity index (χ2n) is 4.03. The molecule has 1 aromatic carbocycles. The fraction of sp³-hybridized carbons (Fsp3) is 0.385. The lowest BCUT2D eigenvalue weighted by atomic mass is 10.1. The summed E-state index contributed by atoms with van der Waals surface area (Å²) in [6, 6.07) is 6.30. The van der Waals surface area contributed by atoms with E-state index in [1.54, 1.807) is 6.08 Å². The molecule has 1 aliphatic rings. The van der Waals surface area contributed by atoms with E-state index < -0.39 is 0 Å². The van der Waals surface area contributed by atoms with Gasteiger partial charge in [0.25, 0.3) is 0 Å². The SMILES string of the molecule is C=CC(C)Oc1cccc2c1CCC2N. The zero-order valence-electron chi connectivity index (χ0n) is 9.07. The molecule has 0 aromatic heterocycles. The molecule has 2 atom stereocenters. The molecule has 0 bridgehead atoms. The van der Waals surface area contributed by atoms with Gasteiger partial charge < -0.3 is 10.5 Å². The van der Waals surface area contributed by atoms with Crippen LogP contribution in [0.2, 0.25) is 0 Å². The third-order valence-electron chi connectivity index (χ3n) is 2.92. The van der Waals surface area contributed by atoms with E-state index in [9.17, 15) is 0 Å². The molecule has 15 heavy (non-hydrogen) atoms. The summed E-state index contributed by atoms with van der Waals surface area (Å²) in [5.74, 6) is 0.966. The molecule has 0 saturated carbocycles. The van der Waals surface area contributed by atoms with Crippen LogP contribution in [-0.4, -0.2) is 6.10 Å². The van der Waals surface area contributed by atoms with Crippen molar-refractivity contribution in [3.05, 3.63) is 42.0 Å². The van der Waals surface area contributed by atoms with E-state index >= 15 is 0 Å². The van der Waals surface area contributed by atoms with Crippen LogP contribution in [0, 0.1) is 0 Å². The number of hydrogen-bond acceptors (Lipinski definition) is 2. The maximum Gasteiger partial charge on any atom is 0.123 e. The molecule has 0 radical (unpaired) electrons. The van der Waals surface area contributed by atoms with E-state index in [-0.39, 0.29) is 12.1 Å². The Morgan fingerprint density at radius 1 is 1.60 bits per heavy atom. The molecule has 2 N–H and O–H groups in total. The van der Waals surface area contributed by atoms with Gasteiger partial charge in [0, 0.05) is 6.04 Å². The van der Waals surface area contributed by atoms with E-state index in [4.69, 9.17) is 10.5 Å². The summed E-state index contributed by atoms with van der Waals surface area (Å²) in [6.07, 6.45) is 3.90. The summed E-state index contributed by atoms with van der Waals surface area (Å²) in [7, 11) is 0. The smallest absolute Gasteiger partial charge is 0.123 e. The van der Waals surface area contributed by atoms with Crippen LogP contribution >= 0.6 is 0 Å². The lowest BCUT2D eigenvalue weighted by molar-refractivity contribution is 0.268. The molecule has 80 valence electrons. The van der Waals surface area contributed by atoms with E-state index in [0.717, 1.165) is 18.6 Å². The standard InChI is InChI=1S/C13H17NO/c1-3-9(2)15-13-6-4-5-10-11(13)7-8-12(10)14/h3-6,9,12H,1,7-8,14H2,2H3. The summed E-state index contributed by atoms with van der Waals surface area (Å²) >= 11 is 0. The Morgan fingerprint density at radius 2 is 2.40 bits per heavy atom. The predicted octanol–water partition coefficient (Wildman–Crippen LogP) is 2.59. The molecule has 0 aliphatic heterocycles. The monoisotopic (exact) mass is 203 g/mol. The average Bonchev–Trinajstić information content (AvgIpc) is 2.62. The molecule has 2 nitrogen and oxygen atoms in total. The molecule has 2 heteroatoms. The normalized spacial score (nSPS) is 20.8. The molecule has 1 aromatic rings. The lowest BCUT2D eigenvalue weighted by Gasteiger charge is -2.14. The van der Waals surface area contributed by atoms with Gasteiger partial charge in [0.2, 0.25) is 0 Å². The minimum absolute atomic E-state index is 0.0494. The quantitative estimate of drug-likeness (QED) is 0.766. The second kappa shape index (κ2) is 4.07. The molecule has 2 unspecified atom stereocenters. The number of hydrogen-bond donors (Lipinski definition) is 1. The largest absolute Gasteiger partial charge is 0.486 e. The van der Waals surface area contributed by atoms with Crippen molar-refractivity contribution in [2.24, 2.45) is 5.73 Å². The van der Waals surface area contributed by atoms with Gasteiger partial charge in [-0.25, -0.2) is 0 Å². The minimum Gasteiger partial charge on any atom is -0.486 e. The summed E-state index contributed by atoms with van der Waals surface area (Å²) in [6.45, 7) is 5.70. The second-order valence-corrected chi connectivity index (χ2v) is 4.03. The predicted molar refractivity (Wildman–Crippen MR) is 62.0 cm³/mol. The van der Waals surface area contributed by atoms with Gasteiger partial charge >= 0.3 is 0 Å². The Balaban J connectivity index is 2.30. The molecule has 0 saturated heterocycles. The van der Waals surface area contributed by atoms with Crippen molar-refractivity contribution in [2.75, 3.05) is 0 Å². The van der Waals surface area contributed by atoms with Gasteiger partial charge in [-0.15, -0.1) is 0 Å². The van der Waals surface area contributed by atoms with Crippen molar-refractivity contribution < 1.29 is 4.74 Å². The molecule has 0 heterocycles. The van der Waals surface area contributed by atoms with Crippen LogP contribution in [0.1, 0.15) is 30.5 Å². The zero-order valence-corrected chi connectivity index (χ0v) is 9.07. The highest BCUT2D eigenvalue weighted by atomic mass is 16.5. The van der Waals surface area contributed by atoms with Crippen LogP contribution in [0.5, 0.6) is 5.75 Å². The van der Waals surface area contributed by atoms with Gasteiger partial charge in [-0.05, 0) is 37.0 Å². The Labute approximate surface area is 90.7 Å². The topological polar surface area (TPSA) is 35.2 Å². The number of fused-ring (bicyclic) bond motifs is 1. The Morgan fingerprint density at radius 3 is 3.13 bits per heavy atom. The molecule has 2 rings (SSSR count). The highest BCUT2D eigenvalue weighted by molar-refractivity contribution is 5.45. The summed E-state index contributed by atoms with van der Waals surface area (Å²) < 4.78 is 5.78. The number of ether oxygens (including phenoxy) is 1. The van der Waals surface area contributed by atoms with Gasteiger partial charge in [-0.2, -0.15) is 0 Å². The fourth-order valence-corrected chi connectivity index (χ4v) is 2.01. The van der Waals surface area contributed by atoms with Crippen LogP contribution in [-0.2, 0) is 6.42 Å². The highest BCUT2D eigenvalue weighted by Gasteiger charge is 2.22. The lowest BCUT2D eigenvalue weighted by Crippen LogP contribution is -2.09. The first-order chi connectivity index (χ1) is 7.22. The molecular formula is C13H17NO. The van der Waals surface area contributed by atoms with Crippen molar-refractivity contribution in [3.8, 4) is 5.75 Å². The molecular weight excluding hydrogens is 186 g/mol.